The minimum Gasteiger partial charge on any atom is -0.349 e. The number of anilines is 2. The van der Waals surface area contributed by atoms with Gasteiger partial charge in [-0.2, -0.15) is 0 Å². The van der Waals surface area contributed by atoms with Crippen LogP contribution in [0.2, 0.25) is 5.02 Å². The highest BCUT2D eigenvalue weighted by Crippen LogP contribution is 2.22. The first kappa shape index (κ1) is 17.2. The zero-order chi connectivity index (χ0) is 16.8. The van der Waals surface area contributed by atoms with Crippen LogP contribution < -0.4 is 10.6 Å². The van der Waals surface area contributed by atoms with Crippen molar-refractivity contribution in [2.75, 3.05) is 32.5 Å². The van der Waals surface area contributed by atoms with Crippen molar-refractivity contribution >= 4 is 29.0 Å². The summed E-state index contributed by atoms with van der Waals surface area (Å²) in [6.45, 7) is 3.28. The molecule has 2 N–H and O–H groups in total. The number of amides is 1. The van der Waals surface area contributed by atoms with Crippen molar-refractivity contribution in [2.24, 2.45) is 0 Å². The van der Waals surface area contributed by atoms with Gasteiger partial charge in [0.1, 0.15) is 0 Å². The molecule has 122 valence electrons. The second-order valence-corrected chi connectivity index (χ2v) is 5.86. The number of nitrogens with one attached hydrogen (secondary N) is 2. The maximum atomic E-state index is 11.9. The highest BCUT2D eigenvalue weighted by Gasteiger charge is 2.08. The Morgan fingerprint density at radius 1 is 1.22 bits per heavy atom. The molecule has 0 saturated carbocycles. The minimum atomic E-state index is -0.232. The van der Waals surface area contributed by atoms with Crippen molar-refractivity contribution in [1.29, 1.82) is 0 Å². The Labute approximate surface area is 140 Å². The van der Waals surface area contributed by atoms with Crippen LogP contribution in [0.5, 0.6) is 0 Å². The van der Waals surface area contributed by atoms with Crippen LogP contribution in [-0.2, 0) is 0 Å². The quantitative estimate of drug-likeness (QED) is 0.850. The smallest absolute Gasteiger partial charge is 0.271 e. The molecule has 0 aliphatic carbocycles. The molecule has 2 aromatic rings. The van der Waals surface area contributed by atoms with E-state index in [-0.39, 0.29) is 11.6 Å². The summed E-state index contributed by atoms with van der Waals surface area (Å²) in [6.07, 6.45) is 0. The molecule has 23 heavy (non-hydrogen) atoms. The molecule has 0 fully saturated rings. The second-order valence-electron chi connectivity index (χ2n) is 5.45. The van der Waals surface area contributed by atoms with Gasteiger partial charge in [0.2, 0.25) is 0 Å². The molecule has 0 saturated heterocycles. The van der Waals surface area contributed by atoms with Gasteiger partial charge in [0.25, 0.3) is 5.91 Å². The Bertz CT molecular complexity index is 673. The van der Waals surface area contributed by atoms with Crippen LogP contribution in [0.4, 0.5) is 11.5 Å². The average Bonchev–Trinajstić information content (AvgIpc) is 2.51. The topological polar surface area (TPSA) is 70.2 Å². The van der Waals surface area contributed by atoms with E-state index in [0.29, 0.717) is 17.4 Å². The summed E-state index contributed by atoms with van der Waals surface area (Å²) in [5, 5.41) is 14.5. The van der Waals surface area contributed by atoms with E-state index in [9.17, 15) is 4.79 Å². The van der Waals surface area contributed by atoms with Crippen LogP contribution in [0.3, 0.4) is 0 Å². The van der Waals surface area contributed by atoms with Gasteiger partial charge in [-0.1, -0.05) is 17.7 Å². The summed E-state index contributed by atoms with van der Waals surface area (Å²) in [5.74, 6) is 0.319. The number of likely N-dealkylation sites (N-methyl/N-ethyl adjacent to an activating group) is 1. The number of halogens is 1. The number of carbonyl (C=O) groups excluding carboxylic acids is 1. The van der Waals surface area contributed by atoms with Crippen molar-refractivity contribution in [1.82, 2.24) is 20.4 Å². The Balaban J connectivity index is 1.96. The molecule has 0 aliphatic heterocycles. The number of hydrogen-bond donors (Lipinski definition) is 2. The van der Waals surface area contributed by atoms with E-state index in [4.69, 9.17) is 11.6 Å². The largest absolute Gasteiger partial charge is 0.349 e. The molecule has 1 amide bonds. The molecule has 7 heteroatoms. The van der Waals surface area contributed by atoms with Gasteiger partial charge in [0.15, 0.2) is 11.5 Å². The first-order valence-electron chi connectivity index (χ1n) is 7.25. The summed E-state index contributed by atoms with van der Waals surface area (Å²) in [6, 6.07) is 8.99. The van der Waals surface area contributed by atoms with Crippen molar-refractivity contribution in [3.05, 3.63) is 46.6 Å². The van der Waals surface area contributed by atoms with Gasteiger partial charge in [-0.15, -0.1) is 10.2 Å². The lowest BCUT2D eigenvalue weighted by atomic mass is 10.2. The maximum absolute atomic E-state index is 11.9. The average molecular weight is 334 g/mol. The lowest BCUT2D eigenvalue weighted by Crippen LogP contribution is -2.31. The third-order valence-corrected chi connectivity index (χ3v) is 3.59. The first-order valence-corrected chi connectivity index (χ1v) is 7.63. The van der Waals surface area contributed by atoms with Crippen LogP contribution in [0, 0.1) is 6.92 Å². The highest BCUT2D eigenvalue weighted by molar-refractivity contribution is 6.31. The van der Waals surface area contributed by atoms with Gasteiger partial charge < -0.3 is 15.5 Å². The number of nitrogens with zero attached hydrogens (tertiary/aromatic N) is 3. The van der Waals surface area contributed by atoms with Crippen molar-refractivity contribution in [3.8, 4) is 0 Å². The molecule has 2 rings (SSSR count). The minimum absolute atomic E-state index is 0.232. The number of aryl methyl sites for hydroxylation is 1. The molecular formula is C16H20ClN5O. The molecule has 0 unspecified atom stereocenters. The molecule has 1 aromatic heterocycles. The lowest BCUT2D eigenvalue weighted by Gasteiger charge is -2.10. The summed E-state index contributed by atoms with van der Waals surface area (Å²) in [5.41, 5.74) is 2.11. The summed E-state index contributed by atoms with van der Waals surface area (Å²) < 4.78 is 0. The van der Waals surface area contributed by atoms with Crippen molar-refractivity contribution in [3.63, 3.8) is 0 Å². The standard InChI is InChI=1S/C16H20ClN5O/c1-11-4-5-12(10-13(11)17)19-15-7-6-14(20-21-15)16(23)18-8-9-22(2)3/h4-7,10H,8-9H2,1-3H3,(H,18,23)(H,19,21). The van der Waals surface area contributed by atoms with Gasteiger partial charge in [-0.25, -0.2) is 0 Å². The molecule has 1 aromatic carbocycles. The fourth-order valence-corrected chi connectivity index (χ4v) is 2.00. The molecule has 0 aliphatic rings. The van der Waals surface area contributed by atoms with Gasteiger partial charge in [-0.3, -0.25) is 4.79 Å². The Morgan fingerprint density at radius 2 is 2.00 bits per heavy atom. The summed E-state index contributed by atoms with van der Waals surface area (Å²) in [7, 11) is 3.90. The van der Waals surface area contributed by atoms with E-state index in [0.717, 1.165) is 17.8 Å². The number of carbonyl (C=O) groups is 1. The van der Waals surface area contributed by atoms with Crippen LogP contribution in [0.15, 0.2) is 30.3 Å². The molecule has 0 radical (unpaired) electrons. The molecule has 0 spiro atoms. The Hall–Kier alpha value is -2.18. The fourth-order valence-electron chi connectivity index (χ4n) is 1.82. The number of hydrogen-bond acceptors (Lipinski definition) is 5. The SMILES string of the molecule is Cc1ccc(Nc2ccc(C(=O)NCCN(C)C)nn2)cc1Cl. The molecule has 0 bridgehead atoms. The zero-order valence-corrected chi connectivity index (χ0v) is 14.2. The molecule has 6 nitrogen and oxygen atoms in total. The van der Waals surface area contributed by atoms with Gasteiger partial charge in [-0.05, 0) is 50.8 Å². The number of rotatable bonds is 6. The lowest BCUT2D eigenvalue weighted by molar-refractivity contribution is 0.0945. The third kappa shape index (κ3) is 5.19. The first-order chi connectivity index (χ1) is 11.0. The Morgan fingerprint density at radius 3 is 2.61 bits per heavy atom. The normalized spacial score (nSPS) is 10.7. The van der Waals surface area contributed by atoms with E-state index in [2.05, 4.69) is 20.8 Å². The van der Waals surface area contributed by atoms with Crippen LogP contribution in [0.25, 0.3) is 0 Å². The van der Waals surface area contributed by atoms with E-state index in [1.807, 2.05) is 44.1 Å². The summed E-state index contributed by atoms with van der Waals surface area (Å²) >= 11 is 6.09. The maximum Gasteiger partial charge on any atom is 0.271 e. The van der Waals surface area contributed by atoms with Crippen LogP contribution in [0.1, 0.15) is 16.1 Å². The van der Waals surface area contributed by atoms with Crippen LogP contribution in [-0.4, -0.2) is 48.2 Å². The molecule has 0 atom stereocenters. The van der Waals surface area contributed by atoms with Gasteiger partial charge in [0, 0.05) is 23.8 Å². The van der Waals surface area contributed by atoms with E-state index in [1.165, 1.54) is 0 Å². The predicted molar refractivity (Wildman–Crippen MR) is 92.4 cm³/mol. The monoisotopic (exact) mass is 333 g/mol. The predicted octanol–water partition coefficient (Wildman–Crippen LogP) is 2.47. The van der Waals surface area contributed by atoms with E-state index < -0.39 is 0 Å². The number of aromatic nitrogens is 2. The third-order valence-electron chi connectivity index (χ3n) is 3.19. The van der Waals surface area contributed by atoms with Crippen LogP contribution >= 0.6 is 11.6 Å². The number of benzene rings is 1. The molecular weight excluding hydrogens is 314 g/mol. The molecule has 1 heterocycles. The second kappa shape index (κ2) is 7.89. The van der Waals surface area contributed by atoms with E-state index >= 15 is 0 Å². The summed E-state index contributed by atoms with van der Waals surface area (Å²) in [4.78, 5) is 13.9. The zero-order valence-electron chi connectivity index (χ0n) is 13.4. The fraction of sp³-hybridized carbons (Fsp3) is 0.312. The van der Waals surface area contributed by atoms with Gasteiger partial charge >= 0.3 is 0 Å². The Kier molecular flexibility index (Phi) is 5.90. The van der Waals surface area contributed by atoms with E-state index in [1.54, 1.807) is 12.1 Å². The van der Waals surface area contributed by atoms with Gasteiger partial charge in [0.05, 0.1) is 0 Å². The highest BCUT2D eigenvalue weighted by atomic mass is 35.5. The van der Waals surface area contributed by atoms with Crippen molar-refractivity contribution < 1.29 is 4.79 Å². The van der Waals surface area contributed by atoms with Crippen molar-refractivity contribution in [2.45, 2.75) is 6.92 Å².